The molecule has 3 fully saturated rings. The largest absolute Gasteiger partial charge is 0.573 e. The lowest BCUT2D eigenvalue weighted by molar-refractivity contribution is -0.274. The highest BCUT2D eigenvalue weighted by Crippen LogP contribution is 2.49. The number of aromatic nitrogens is 1. The Morgan fingerprint density at radius 3 is 2.27 bits per heavy atom. The van der Waals surface area contributed by atoms with Gasteiger partial charge in [-0.3, -0.25) is 0 Å². The highest BCUT2D eigenvalue weighted by molar-refractivity contribution is 7.92. The Labute approximate surface area is 234 Å². The van der Waals surface area contributed by atoms with E-state index in [1.807, 2.05) is 0 Å². The third-order valence-corrected chi connectivity index (χ3v) is 10.8. The van der Waals surface area contributed by atoms with Crippen molar-refractivity contribution in [3.05, 3.63) is 65.4 Å². The van der Waals surface area contributed by atoms with Gasteiger partial charge in [0.2, 0.25) is 0 Å². The maximum Gasteiger partial charge on any atom is 0.573 e. The van der Waals surface area contributed by atoms with Crippen molar-refractivity contribution in [1.29, 1.82) is 0 Å². The predicted molar refractivity (Wildman–Crippen MR) is 139 cm³/mol. The Balaban J connectivity index is 1.20. The van der Waals surface area contributed by atoms with E-state index in [1.165, 1.54) is 42.5 Å². The summed E-state index contributed by atoms with van der Waals surface area (Å²) in [6, 6.07) is 11.1. The molecule has 2 unspecified atom stereocenters. The monoisotopic (exact) mass is 591 g/mol. The number of aromatic carboxylic acids is 1. The molecule has 1 heterocycles. The van der Waals surface area contributed by atoms with Crippen molar-refractivity contribution in [2.75, 3.05) is 0 Å². The van der Waals surface area contributed by atoms with E-state index in [1.54, 1.807) is 6.07 Å². The highest BCUT2D eigenvalue weighted by Gasteiger charge is 2.50. The zero-order valence-electron chi connectivity index (χ0n) is 21.8. The molecule has 3 saturated carbocycles. The number of carboxylic acid groups (broad SMARTS) is 1. The van der Waals surface area contributed by atoms with E-state index in [0.717, 1.165) is 25.7 Å². The third kappa shape index (κ3) is 5.59. The van der Waals surface area contributed by atoms with Gasteiger partial charge in [-0.1, -0.05) is 17.3 Å². The first-order valence-corrected chi connectivity index (χ1v) is 15.1. The molecule has 0 amide bonds. The van der Waals surface area contributed by atoms with E-state index in [-0.39, 0.29) is 57.9 Å². The van der Waals surface area contributed by atoms with E-state index in [9.17, 15) is 26.4 Å². The molecule has 0 radical (unpaired) electrons. The molecular formula is C29H28F3NO7S. The Morgan fingerprint density at radius 2 is 1.66 bits per heavy atom. The molecule has 3 aromatic rings. The summed E-state index contributed by atoms with van der Waals surface area (Å²) in [5.41, 5.74) is 1.01. The Morgan fingerprint density at radius 1 is 1.00 bits per heavy atom. The number of sulfone groups is 1. The fourth-order valence-electron chi connectivity index (χ4n) is 6.42. The lowest BCUT2D eigenvalue weighted by Gasteiger charge is -2.35. The summed E-state index contributed by atoms with van der Waals surface area (Å²) < 4.78 is 82.4. The topological polar surface area (TPSA) is 116 Å². The second-order valence-corrected chi connectivity index (χ2v) is 13.1. The number of fused-ring (bicyclic) bond motifs is 2. The first kappa shape index (κ1) is 27.8. The molecule has 218 valence electrons. The van der Waals surface area contributed by atoms with E-state index in [4.69, 9.17) is 14.4 Å². The molecule has 0 spiro atoms. The number of carboxylic acids is 1. The van der Waals surface area contributed by atoms with Gasteiger partial charge in [0.1, 0.15) is 17.2 Å². The summed E-state index contributed by atoms with van der Waals surface area (Å²) in [4.78, 5) is 11.3. The van der Waals surface area contributed by atoms with Crippen LogP contribution in [0.5, 0.6) is 5.75 Å². The number of nitrogens with zero attached hydrogens (tertiary/aromatic N) is 1. The number of ether oxygens (including phenoxy) is 2. The maximum absolute atomic E-state index is 13.5. The van der Waals surface area contributed by atoms with E-state index in [2.05, 4.69) is 9.89 Å². The number of benzene rings is 2. The van der Waals surface area contributed by atoms with E-state index < -0.39 is 27.4 Å². The number of para-hydroxylation sites is 1. The van der Waals surface area contributed by atoms with Gasteiger partial charge in [0.05, 0.1) is 28.4 Å². The van der Waals surface area contributed by atoms with Crippen LogP contribution < -0.4 is 4.74 Å². The van der Waals surface area contributed by atoms with Crippen LogP contribution in [0.25, 0.3) is 11.3 Å². The number of hydrogen-bond acceptors (Lipinski definition) is 7. The Bertz CT molecular complexity index is 1530. The van der Waals surface area contributed by atoms with Gasteiger partial charge in [-0.25, -0.2) is 13.2 Å². The van der Waals surface area contributed by atoms with Crippen LogP contribution in [0.4, 0.5) is 13.2 Å². The third-order valence-electron chi connectivity index (χ3n) is 8.35. The number of halogens is 3. The Hall–Kier alpha value is -3.38. The molecule has 6 rings (SSSR count). The minimum atomic E-state index is -4.87. The SMILES string of the molecule is O=C(O)c1ccc(S(=O)(=O)C2C3CCC2CC(OCc2c(-c4ccccc4OC(F)(F)F)noc2C2CC2)C3)cc1. The normalized spacial score (nSPS) is 24.4. The number of hydrogen-bond donors (Lipinski definition) is 1. The lowest BCUT2D eigenvalue weighted by atomic mass is 9.86. The van der Waals surface area contributed by atoms with Gasteiger partial charge in [0.15, 0.2) is 9.84 Å². The summed E-state index contributed by atoms with van der Waals surface area (Å²) in [6.07, 6.45) is -0.768. The maximum atomic E-state index is 13.5. The molecule has 2 bridgehead atoms. The number of rotatable bonds is 9. The average molecular weight is 592 g/mol. The molecule has 3 aliphatic rings. The summed E-state index contributed by atoms with van der Waals surface area (Å²) in [6.45, 7) is 0.0726. The van der Waals surface area contributed by atoms with Crippen molar-refractivity contribution in [2.45, 2.75) is 73.7 Å². The summed E-state index contributed by atoms with van der Waals surface area (Å²) in [5.74, 6) is -0.996. The van der Waals surface area contributed by atoms with Crippen molar-refractivity contribution in [3.8, 4) is 17.0 Å². The summed E-state index contributed by atoms with van der Waals surface area (Å²) >= 11 is 0. The molecule has 12 heteroatoms. The molecule has 8 nitrogen and oxygen atoms in total. The zero-order valence-corrected chi connectivity index (χ0v) is 22.7. The minimum Gasteiger partial charge on any atom is -0.478 e. The van der Waals surface area contributed by atoms with Gasteiger partial charge < -0.3 is 19.1 Å². The summed E-state index contributed by atoms with van der Waals surface area (Å²) in [5, 5.41) is 12.7. The fraction of sp³-hybridized carbons (Fsp3) is 0.448. The van der Waals surface area contributed by atoms with Gasteiger partial charge in [-0.15, -0.1) is 13.2 Å². The first-order chi connectivity index (χ1) is 19.5. The minimum absolute atomic E-state index is 0.0234. The molecule has 0 aliphatic heterocycles. The smallest absolute Gasteiger partial charge is 0.478 e. The molecule has 2 aromatic carbocycles. The number of carbonyl (C=O) groups is 1. The van der Waals surface area contributed by atoms with Crippen LogP contribution in [-0.4, -0.2) is 42.4 Å². The molecule has 3 aliphatic carbocycles. The first-order valence-electron chi connectivity index (χ1n) is 13.5. The lowest BCUT2D eigenvalue weighted by Crippen LogP contribution is -2.40. The van der Waals surface area contributed by atoms with Crippen molar-refractivity contribution < 1.29 is 45.5 Å². The van der Waals surface area contributed by atoms with Crippen molar-refractivity contribution >= 4 is 15.8 Å². The second kappa shape index (κ2) is 10.5. The highest BCUT2D eigenvalue weighted by atomic mass is 32.2. The van der Waals surface area contributed by atoms with E-state index in [0.29, 0.717) is 24.2 Å². The quantitative estimate of drug-likeness (QED) is 0.306. The fourth-order valence-corrected chi connectivity index (χ4v) is 8.76. The molecule has 1 aromatic heterocycles. The van der Waals surface area contributed by atoms with Gasteiger partial charge in [-0.2, -0.15) is 0 Å². The molecule has 0 saturated heterocycles. The second-order valence-electron chi connectivity index (χ2n) is 11.0. The van der Waals surface area contributed by atoms with Crippen LogP contribution in [0.15, 0.2) is 57.9 Å². The molecule has 2 atom stereocenters. The van der Waals surface area contributed by atoms with Gasteiger partial charge in [0, 0.05) is 17.0 Å². The van der Waals surface area contributed by atoms with Gasteiger partial charge >= 0.3 is 12.3 Å². The zero-order chi connectivity index (χ0) is 28.9. The molecule has 1 N–H and O–H groups in total. The number of alkyl halides is 3. The standard InChI is InChI=1S/C29H28F3NO7S/c30-29(31,32)39-24-4-2-1-3-22(24)25-23(26(40-33-25)16-5-6-16)15-38-20-13-18-7-8-19(14-20)27(18)41(36,37)21-11-9-17(10-12-21)28(34)35/h1-4,9-12,16,18-20,27H,5-8,13-15H2,(H,34,35). The van der Waals surface area contributed by atoms with Crippen LogP contribution in [0, 0.1) is 11.8 Å². The predicted octanol–water partition coefficient (Wildman–Crippen LogP) is 6.36. The van der Waals surface area contributed by atoms with Crippen LogP contribution in [0.1, 0.15) is 66.1 Å². The van der Waals surface area contributed by atoms with Crippen LogP contribution in [0.2, 0.25) is 0 Å². The van der Waals surface area contributed by atoms with Crippen LogP contribution in [0.3, 0.4) is 0 Å². The van der Waals surface area contributed by atoms with Crippen molar-refractivity contribution in [2.24, 2.45) is 11.8 Å². The Kier molecular flexibility index (Phi) is 7.09. The van der Waals surface area contributed by atoms with E-state index >= 15 is 0 Å². The molecular weight excluding hydrogens is 563 g/mol. The van der Waals surface area contributed by atoms with Gasteiger partial charge in [-0.05, 0) is 86.8 Å². The molecule has 41 heavy (non-hydrogen) atoms. The summed E-state index contributed by atoms with van der Waals surface area (Å²) in [7, 11) is -3.67. The van der Waals surface area contributed by atoms with Crippen LogP contribution >= 0.6 is 0 Å². The van der Waals surface area contributed by atoms with Crippen LogP contribution in [-0.2, 0) is 21.2 Å². The van der Waals surface area contributed by atoms with Gasteiger partial charge in [0.25, 0.3) is 0 Å². The van der Waals surface area contributed by atoms with Crippen molar-refractivity contribution in [3.63, 3.8) is 0 Å². The average Bonchev–Trinajstić information content (AvgIpc) is 3.62. The van der Waals surface area contributed by atoms with Crippen molar-refractivity contribution in [1.82, 2.24) is 5.16 Å².